The fourth-order valence-corrected chi connectivity index (χ4v) is 5.21. The summed E-state index contributed by atoms with van der Waals surface area (Å²) in [6.07, 6.45) is 12.1. The van der Waals surface area contributed by atoms with Gasteiger partial charge in [-0.05, 0) is 73.2 Å². The standard InChI is InChI=1S/C28H27BrN8O2.C2H6/c1-19-15-21(4-5-24(19)39-22-8-13-36-25(16-22)30-17-32-36)34-28-27-23(9-14-37(27)33-18-31-28)20-6-11-35(12-7-20)26(38)3-2-10-29;1-2/h2-5,8-9,13-18,20H,6-7,10-12H2,1H3,(H,31,33,34);1-2H3/b3-2+;. The van der Waals surface area contributed by atoms with Crippen molar-refractivity contribution in [2.45, 2.75) is 39.5 Å². The highest BCUT2D eigenvalue weighted by molar-refractivity contribution is 9.09. The van der Waals surface area contributed by atoms with E-state index in [0.717, 1.165) is 59.9 Å². The van der Waals surface area contributed by atoms with Gasteiger partial charge in [-0.3, -0.25) is 4.79 Å². The molecule has 1 fully saturated rings. The van der Waals surface area contributed by atoms with Crippen LogP contribution in [0.5, 0.6) is 11.5 Å². The number of carbonyl (C=O) groups excluding carboxylic acids is 1. The highest BCUT2D eigenvalue weighted by atomic mass is 79.9. The Morgan fingerprint density at radius 2 is 1.80 bits per heavy atom. The lowest BCUT2D eigenvalue weighted by molar-refractivity contribution is -0.127. The van der Waals surface area contributed by atoms with Gasteiger partial charge in [-0.15, -0.1) is 0 Å². The van der Waals surface area contributed by atoms with Gasteiger partial charge in [0.25, 0.3) is 0 Å². The third-order valence-corrected chi connectivity index (χ3v) is 7.37. The molecule has 5 aromatic rings. The molecule has 1 aromatic carbocycles. The second kappa shape index (κ2) is 12.9. The summed E-state index contributed by atoms with van der Waals surface area (Å²) in [5.74, 6) is 2.59. The first-order valence-corrected chi connectivity index (χ1v) is 14.9. The number of carbonyl (C=O) groups is 1. The number of nitrogens with zero attached hydrogens (tertiary/aromatic N) is 7. The first-order chi connectivity index (χ1) is 20.1. The summed E-state index contributed by atoms with van der Waals surface area (Å²) in [7, 11) is 0. The smallest absolute Gasteiger partial charge is 0.246 e. The van der Waals surface area contributed by atoms with Crippen molar-refractivity contribution in [3.8, 4) is 11.5 Å². The molecule has 0 radical (unpaired) electrons. The lowest BCUT2D eigenvalue weighted by Crippen LogP contribution is -2.36. The average Bonchev–Trinajstić information content (AvgIpc) is 3.66. The highest BCUT2D eigenvalue weighted by Crippen LogP contribution is 2.35. The lowest BCUT2D eigenvalue weighted by atomic mass is 9.90. The normalized spacial score (nSPS) is 13.9. The molecule has 212 valence electrons. The molecule has 0 saturated carbocycles. The van der Waals surface area contributed by atoms with Crippen LogP contribution in [-0.4, -0.2) is 58.4 Å². The zero-order valence-corrected chi connectivity index (χ0v) is 25.0. The summed E-state index contributed by atoms with van der Waals surface area (Å²) in [5, 5.41) is 12.7. The van der Waals surface area contributed by atoms with E-state index in [9.17, 15) is 4.79 Å². The molecule has 11 heteroatoms. The van der Waals surface area contributed by atoms with Crippen LogP contribution in [0.2, 0.25) is 0 Å². The molecule has 1 aliphatic rings. The van der Waals surface area contributed by atoms with Crippen LogP contribution in [-0.2, 0) is 4.79 Å². The number of alkyl halides is 1. The number of pyridine rings is 1. The Balaban J connectivity index is 0.00000165. The summed E-state index contributed by atoms with van der Waals surface area (Å²) >= 11 is 3.33. The maximum atomic E-state index is 12.4. The van der Waals surface area contributed by atoms with Crippen molar-refractivity contribution in [2.24, 2.45) is 0 Å². The van der Waals surface area contributed by atoms with Crippen molar-refractivity contribution in [1.29, 1.82) is 0 Å². The van der Waals surface area contributed by atoms with Crippen LogP contribution >= 0.6 is 15.9 Å². The van der Waals surface area contributed by atoms with Gasteiger partial charge in [0, 0.05) is 42.6 Å². The van der Waals surface area contributed by atoms with Gasteiger partial charge in [0.15, 0.2) is 11.5 Å². The zero-order chi connectivity index (χ0) is 28.8. The maximum Gasteiger partial charge on any atom is 0.246 e. The van der Waals surface area contributed by atoms with E-state index in [1.165, 1.54) is 11.9 Å². The number of rotatable bonds is 7. The van der Waals surface area contributed by atoms with E-state index < -0.39 is 0 Å². The predicted octanol–water partition coefficient (Wildman–Crippen LogP) is 6.30. The largest absolute Gasteiger partial charge is 0.457 e. The minimum atomic E-state index is 0.0715. The van der Waals surface area contributed by atoms with Crippen LogP contribution in [0.1, 0.15) is 43.7 Å². The van der Waals surface area contributed by atoms with E-state index in [-0.39, 0.29) is 5.91 Å². The molecule has 0 atom stereocenters. The molecule has 0 aliphatic carbocycles. The molecule has 41 heavy (non-hydrogen) atoms. The number of aromatic nitrogens is 6. The number of amides is 1. The van der Waals surface area contributed by atoms with Crippen LogP contribution in [0.3, 0.4) is 0 Å². The Morgan fingerprint density at radius 1 is 1.05 bits per heavy atom. The second-order valence-corrected chi connectivity index (χ2v) is 10.1. The molecule has 0 spiro atoms. The molecule has 10 nitrogen and oxygen atoms in total. The van der Waals surface area contributed by atoms with E-state index in [4.69, 9.17) is 4.74 Å². The molecule has 1 aliphatic heterocycles. The molecular weight excluding hydrogens is 584 g/mol. The van der Waals surface area contributed by atoms with Crippen molar-refractivity contribution in [1.82, 2.24) is 34.1 Å². The Morgan fingerprint density at radius 3 is 2.59 bits per heavy atom. The van der Waals surface area contributed by atoms with Gasteiger partial charge >= 0.3 is 0 Å². The number of piperidine rings is 1. The van der Waals surface area contributed by atoms with E-state index in [1.807, 2.05) is 79.0 Å². The number of halogens is 1. The number of benzene rings is 1. The molecule has 4 aromatic heterocycles. The third kappa shape index (κ3) is 6.25. The Bertz CT molecular complexity index is 1670. The minimum Gasteiger partial charge on any atom is -0.457 e. The summed E-state index contributed by atoms with van der Waals surface area (Å²) in [4.78, 5) is 23.1. The zero-order valence-electron chi connectivity index (χ0n) is 23.4. The van der Waals surface area contributed by atoms with Crippen LogP contribution in [0.15, 0.2) is 73.6 Å². The van der Waals surface area contributed by atoms with Crippen molar-refractivity contribution in [3.05, 3.63) is 84.7 Å². The fraction of sp³-hybridized carbons (Fsp3) is 0.300. The molecule has 5 heterocycles. The van der Waals surface area contributed by atoms with Crippen LogP contribution in [0.25, 0.3) is 11.2 Å². The van der Waals surface area contributed by atoms with Gasteiger partial charge < -0.3 is 15.0 Å². The molecule has 6 rings (SSSR count). The quantitative estimate of drug-likeness (QED) is 0.169. The van der Waals surface area contributed by atoms with Crippen molar-refractivity contribution in [3.63, 3.8) is 0 Å². The molecule has 0 bridgehead atoms. The first-order valence-electron chi connectivity index (χ1n) is 13.8. The maximum absolute atomic E-state index is 12.4. The summed E-state index contributed by atoms with van der Waals surface area (Å²) in [6, 6.07) is 11.8. The van der Waals surface area contributed by atoms with Gasteiger partial charge in [-0.2, -0.15) is 10.2 Å². The number of aryl methyl sites for hydroxylation is 1. The summed E-state index contributed by atoms with van der Waals surface area (Å²) in [5.41, 5.74) is 4.76. The SMILES string of the molecule is CC.Cc1cc(Nc2ncnn3ccc(C4CCN(C(=O)/C=C/CBr)CC4)c23)ccc1Oc1ccn2ncnc2c1. The number of hydrogen-bond acceptors (Lipinski definition) is 7. The summed E-state index contributed by atoms with van der Waals surface area (Å²) < 4.78 is 9.68. The number of likely N-dealkylation sites (tertiary alicyclic amines) is 1. The Labute approximate surface area is 247 Å². The Kier molecular flexibility index (Phi) is 8.93. The topological polar surface area (TPSA) is 102 Å². The van der Waals surface area contributed by atoms with E-state index in [2.05, 4.69) is 47.5 Å². The molecule has 1 saturated heterocycles. The van der Waals surface area contributed by atoms with Gasteiger partial charge in [0.1, 0.15) is 29.7 Å². The molecule has 1 amide bonds. The van der Waals surface area contributed by atoms with Gasteiger partial charge in [-0.1, -0.05) is 35.9 Å². The highest BCUT2D eigenvalue weighted by Gasteiger charge is 2.26. The molecule has 1 N–H and O–H groups in total. The summed E-state index contributed by atoms with van der Waals surface area (Å²) in [6.45, 7) is 7.47. The van der Waals surface area contributed by atoms with E-state index in [1.54, 1.807) is 16.9 Å². The Hall–Kier alpha value is -4.25. The van der Waals surface area contributed by atoms with Gasteiger partial charge in [-0.25, -0.2) is 19.0 Å². The average molecular weight is 618 g/mol. The number of hydrogen-bond donors (Lipinski definition) is 1. The van der Waals surface area contributed by atoms with E-state index in [0.29, 0.717) is 17.0 Å². The monoisotopic (exact) mass is 616 g/mol. The number of allylic oxidation sites excluding steroid dienone is 1. The van der Waals surface area contributed by atoms with Crippen LogP contribution < -0.4 is 10.1 Å². The van der Waals surface area contributed by atoms with Gasteiger partial charge in [0.05, 0.1) is 0 Å². The second-order valence-electron chi connectivity index (χ2n) is 9.46. The van der Waals surface area contributed by atoms with Crippen LogP contribution in [0.4, 0.5) is 11.5 Å². The minimum absolute atomic E-state index is 0.0715. The third-order valence-electron chi connectivity index (χ3n) is 7.00. The number of fused-ring (bicyclic) bond motifs is 2. The molecule has 0 unspecified atom stereocenters. The number of anilines is 2. The number of ether oxygens (including phenoxy) is 1. The van der Waals surface area contributed by atoms with Crippen molar-refractivity contribution in [2.75, 3.05) is 23.7 Å². The van der Waals surface area contributed by atoms with E-state index >= 15 is 0 Å². The van der Waals surface area contributed by atoms with Gasteiger partial charge in [0.2, 0.25) is 5.91 Å². The van der Waals surface area contributed by atoms with Crippen molar-refractivity contribution < 1.29 is 9.53 Å². The first kappa shape index (κ1) is 28.3. The number of nitrogens with one attached hydrogen (secondary N) is 1. The fourth-order valence-electron chi connectivity index (χ4n) is 5.03. The van der Waals surface area contributed by atoms with Crippen LogP contribution in [0, 0.1) is 6.92 Å². The predicted molar refractivity (Wildman–Crippen MR) is 163 cm³/mol. The molecular formula is C30H33BrN8O2. The lowest BCUT2D eigenvalue weighted by Gasteiger charge is -2.31. The van der Waals surface area contributed by atoms with Crippen molar-refractivity contribution >= 4 is 44.5 Å².